The number of nitrogens with zero attached hydrogens (tertiary/aromatic N) is 3. The van der Waals surface area contributed by atoms with Gasteiger partial charge in [0.25, 0.3) is 0 Å². The van der Waals surface area contributed by atoms with Crippen molar-refractivity contribution in [1.29, 1.82) is 0 Å². The molecule has 0 radical (unpaired) electrons. The number of rotatable bonds is 2. The first-order valence-corrected chi connectivity index (χ1v) is 7.32. The van der Waals surface area contributed by atoms with Gasteiger partial charge in [0.1, 0.15) is 5.82 Å². The minimum absolute atomic E-state index is 0.783. The molecule has 18 heavy (non-hydrogen) atoms. The molecule has 0 saturated carbocycles. The van der Waals surface area contributed by atoms with E-state index in [1.807, 2.05) is 6.20 Å². The maximum atomic E-state index is 4.58. The van der Waals surface area contributed by atoms with Crippen LogP contribution in [0.3, 0.4) is 0 Å². The molecule has 2 aromatic heterocycles. The maximum Gasteiger partial charge on any atom is 0.113 e. The molecule has 0 spiro atoms. The SMILES string of the molecule is CN1CCC(Cc2ncc3ccc(Br)cn23)CC1. The second-order valence-corrected chi connectivity index (χ2v) is 6.18. The molecule has 4 heteroatoms. The first-order valence-electron chi connectivity index (χ1n) is 6.52. The fourth-order valence-corrected chi connectivity index (χ4v) is 3.03. The van der Waals surface area contributed by atoms with E-state index in [4.69, 9.17) is 0 Å². The molecule has 96 valence electrons. The Hall–Kier alpha value is -0.870. The quantitative estimate of drug-likeness (QED) is 0.850. The van der Waals surface area contributed by atoms with Gasteiger partial charge in [-0.25, -0.2) is 4.98 Å². The Morgan fingerprint density at radius 3 is 2.89 bits per heavy atom. The zero-order valence-corrected chi connectivity index (χ0v) is 12.2. The zero-order chi connectivity index (χ0) is 12.5. The summed E-state index contributed by atoms with van der Waals surface area (Å²) in [7, 11) is 2.21. The van der Waals surface area contributed by atoms with Crippen LogP contribution in [0.1, 0.15) is 18.7 Å². The number of likely N-dealkylation sites (tertiary alicyclic amines) is 1. The highest BCUT2D eigenvalue weighted by atomic mass is 79.9. The third kappa shape index (κ3) is 2.45. The van der Waals surface area contributed by atoms with Gasteiger partial charge >= 0.3 is 0 Å². The summed E-state index contributed by atoms with van der Waals surface area (Å²) in [6.45, 7) is 2.44. The molecule has 0 bridgehead atoms. The molecule has 0 unspecified atom stereocenters. The first kappa shape index (κ1) is 12.2. The average molecular weight is 308 g/mol. The molecule has 1 aliphatic heterocycles. The summed E-state index contributed by atoms with van der Waals surface area (Å²) >= 11 is 3.53. The van der Waals surface area contributed by atoms with Crippen LogP contribution < -0.4 is 0 Å². The fourth-order valence-electron chi connectivity index (χ4n) is 2.69. The molecule has 2 aromatic rings. The lowest BCUT2D eigenvalue weighted by Crippen LogP contribution is -2.31. The van der Waals surface area contributed by atoms with Gasteiger partial charge in [-0.2, -0.15) is 0 Å². The molecular formula is C14H18BrN3. The lowest BCUT2D eigenvalue weighted by atomic mass is 9.93. The number of halogens is 1. The molecule has 3 rings (SSSR count). The second kappa shape index (κ2) is 5.02. The minimum Gasteiger partial charge on any atom is -0.306 e. The molecule has 0 atom stereocenters. The van der Waals surface area contributed by atoms with Crippen LogP contribution in [0.4, 0.5) is 0 Å². The van der Waals surface area contributed by atoms with Gasteiger partial charge in [-0.15, -0.1) is 0 Å². The van der Waals surface area contributed by atoms with Gasteiger partial charge < -0.3 is 9.30 Å². The van der Waals surface area contributed by atoms with Gasteiger partial charge in [0, 0.05) is 17.1 Å². The first-order chi connectivity index (χ1) is 8.72. The Labute approximate surface area is 116 Å². The van der Waals surface area contributed by atoms with Crippen molar-refractivity contribution in [2.45, 2.75) is 19.3 Å². The molecular weight excluding hydrogens is 290 g/mol. The van der Waals surface area contributed by atoms with Crippen molar-refractivity contribution < 1.29 is 0 Å². The molecule has 0 amide bonds. The number of piperidine rings is 1. The monoisotopic (exact) mass is 307 g/mol. The lowest BCUT2D eigenvalue weighted by molar-refractivity contribution is 0.217. The summed E-state index contributed by atoms with van der Waals surface area (Å²) in [4.78, 5) is 6.99. The average Bonchev–Trinajstić information content (AvgIpc) is 2.75. The van der Waals surface area contributed by atoms with Gasteiger partial charge in [-0.05, 0) is 67.0 Å². The van der Waals surface area contributed by atoms with E-state index in [1.165, 1.54) is 37.3 Å². The zero-order valence-electron chi connectivity index (χ0n) is 10.6. The van der Waals surface area contributed by atoms with E-state index in [0.717, 1.165) is 16.8 Å². The lowest BCUT2D eigenvalue weighted by Gasteiger charge is -2.28. The number of hydrogen-bond donors (Lipinski definition) is 0. The van der Waals surface area contributed by atoms with E-state index in [2.05, 4.69) is 55.6 Å². The third-order valence-corrected chi connectivity index (χ3v) is 4.35. The third-order valence-electron chi connectivity index (χ3n) is 3.88. The molecule has 0 aliphatic carbocycles. The highest BCUT2D eigenvalue weighted by molar-refractivity contribution is 9.10. The summed E-state index contributed by atoms with van der Waals surface area (Å²) in [5, 5.41) is 0. The number of aromatic nitrogens is 2. The van der Waals surface area contributed by atoms with Crippen LogP contribution in [0.25, 0.3) is 5.52 Å². The minimum atomic E-state index is 0.783. The fraction of sp³-hybridized carbons (Fsp3) is 0.500. The Morgan fingerprint density at radius 1 is 1.33 bits per heavy atom. The number of hydrogen-bond acceptors (Lipinski definition) is 2. The van der Waals surface area contributed by atoms with E-state index < -0.39 is 0 Å². The van der Waals surface area contributed by atoms with Crippen LogP contribution >= 0.6 is 15.9 Å². The summed E-state index contributed by atoms with van der Waals surface area (Å²) in [6.07, 6.45) is 7.76. The van der Waals surface area contributed by atoms with E-state index in [1.54, 1.807) is 0 Å². The van der Waals surface area contributed by atoms with Gasteiger partial charge in [0.05, 0.1) is 11.7 Å². The number of imidazole rings is 1. The molecule has 0 aromatic carbocycles. The molecule has 0 N–H and O–H groups in total. The second-order valence-electron chi connectivity index (χ2n) is 5.27. The largest absolute Gasteiger partial charge is 0.306 e. The van der Waals surface area contributed by atoms with Crippen LogP contribution in [0.15, 0.2) is 29.0 Å². The molecule has 1 fully saturated rings. The van der Waals surface area contributed by atoms with Crippen molar-refractivity contribution in [1.82, 2.24) is 14.3 Å². The van der Waals surface area contributed by atoms with Crippen molar-refractivity contribution in [2.75, 3.05) is 20.1 Å². The van der Waals surface area contributed by atoms with Gasteiger partial charge in [-0.1, -0.05) is 0 Å². The smallest absolute Gasteiger partial charge is 0.113 e. The van der Waals surface area contributed by atoms with Crippen LogP contribution in [-0.4, -0.2) is 34.4 Å². The van der Waals surface area contributed by atoms with Crippen molar-refractivity contribution >= 4 is 21.4 Å². The van der Waals surface area contributed by atoms with Crippen molar-refractivity contribution in [3.8, 4) is 0 Å². The summed E-state index contributed by atoms with van der Waals surface area (Å²) in [5.74, 6) is 1.98. The number of pyridine rings is 1. The predicted octanol–water partition coefficient (Wildman–Crippen LogP) is 2.98. The molecule has 1 saturated heterocycles. The van der Waals surface area contributed by atoms with Gasteiger partial charge in [0.2, 0.25) is 0 Å². The Morgan fingerprint density at radius 2 is 2.11 bits per heavy atom. The molecule has 1 aliphatic rings. The van der Waals surface area contributed by atoms with Crippen LogP contribution in [-0.2, 0) is 6.42 Å². The predicted molar refractivity (Wildman–Crippen MR) is 76.8 cm³/mol. The van der Waals surface area contributed by atoms with Crippen LogP contribution in [0, 0.1) is 5.92 Å². The Balaban J connectivity index is 1.80. The molecule has 3 heterocycles. The van der Waals surface area contributed by atoms with E-state index in [9.17, 15) is 0 Å². The van der Waals surface area contributed by atoms with E-state index in [-0.39, 0.29) is 0 Å². The summed E-state index contributed by atoms with van der Waals surface area (Å²) in [6, 6.07) is 4.17. The summed E-state index contributed by atoms with van der Waals surface area (Å²) in [5.41, 5.74) is 1.18. The van der Waals surface area contributed by atoms with E-state index in [0.29, 0.717) is 0 Å². The van der Waals surface area contributed by atoms with Crippen LogP contribution in [0.5, 0.6) is 0 Å². The maximum absolute atomic E-state index is 4.58. The Bertz CT molecular complexity index is 541. The highest BCUT2D eigenvalue weighted by Gasteiger charge is 2.18. The topological polar surface area (TPSA) is 20.5 Å². The van der Waals surface area contributed by atoms with Crippen molar-refractivity contribution in [3.63, 3.8) is 0 Å². The standard InChI is InChI=1S/C14H18BrN3/c1-17-6-4-11(5-7-17)8-14-16-9-13-3-2-12(15)10-18(13)14/h2-3,9-11H,4-8H2,1H3. The summed E-state index contributed by atoms with van der Waals surface area (Å²) < 4.78 is 3.32. The van der Waals surface area contributed by atoms with Gasteiger partial charge in [0.15, 0.2) is 0 Å². The molecule has 3 nitrogen and oxygen atoms in total. The normalized spacial score (nSPS) is 18.6. The van der Waals surface area contributed by atoms with Crippen LogP contribution in [0.2, 0.25) is 0 Å². The van der Waals surface area contributed by atoms with E-state index >= 15 is 0 Å². The number of fused-ring (bicyclic) bond motifs is 1. The highest BCUT2D eigenvalue weighted by Crippen LogP contribution is 2.22. The Kier molecular flexibility index (Phi) is 3.39. The van der Waals surface area contributed by atoms with Gasteiger partial charge in [-0.3, -0.25) is 0 Å². The van der Waals surface area contributed by atoms with Crippen molar-refractivity contribution in [2.24, 2.45) is 5.92 Å². The van der Waals surface area contributed by atoms with Crippen molar-refractivity contribution in [3.05, 3.63) is 34.8 Å².